The fourth-order valence-electron chi connectivity index (χ4n) is 3.06. The van der Waals surface area contributed by atoms with Crippen molar-refractivity contribution in [3.05, 3.63) is 64.8 Å². The summed E-state index contributed by atoms with van der Waals surface area (Å²) in [5, 5.41) is 4.21. The molecule has 0 spiro atoms. The summed E-state index contributed by atoms with van der Waals surface area (Å²) in [6.45, 7) is 6.16. The first-order chi connectivity index (χ1) is 11.0. The van der Waals surface area contributed by atoms with Gasteiger partial charge < -0.3 is 9.88 Å². The van der Waals surface area contributed by atoms with Crippen molar-refractivity contribution in [3.8, 4) is 0 Å². The zero-order chi connectivity index (χ0) is 16.6. The van der Waals surface area contributed by atoms with Crippen molar-refractivity contribution in [2.75, 3.05) is 5.32 Å². The van der Waals surface area contributed by atoms with Crippen molar-refractivity contribution < 1.29 is 4.79 Å². The lowest BCUT2D eigenvalue weighted by atomic mass is 10.1. The molecule has 1 aromatic heterocycles. The summed E-state index contributed by atoms with van der Waals surface area (Å²) in [5.41, 5.74) is 6.61. The molecule has 0 aliphatic heterocycles. The second kappa shape index (κ2) is 5.92. The number of carbonyl (C=O) groups excluding carboxylic acids is 1. The predicted molar refractivity (Wildman–Crippen MR) is 95.9 cm³/mol. The maximum atomic E-state index is 12.5. The van der Waals surface area contributed by atoms with E-state index in [9.17, 15) is 4.79 Å². The first kappa shape index (κ1) is 15.3. The number of nitrogens with zero attached hydrogens (tertiary/aromatic N) is 1. The number of anilines is 1. The van der Waals surface area contributed by atoms with Gasteiger partial charge in [0.25, 0.3) is 0 Å². The first-order valence-electron chi connectivity index (χ1n) is 7.88. The van der Waals surface area contributed by atoms with Crippen LogP contribution in [0, 0.1) is 20.8 Å². The number of aromatic nitrogens is 1. The number of fused-ring (bicyclic) bond motifs is 1. The Morgan fingerprint density at radius 3 is 2.57 bits per heavy atom. The van der Waals surface area contributed by atoms with Crippen LogP contribution < -0.4 is 5.32 Å². The Kier molecular flexibility index (Phi) is 3.95. The van der Waals surface area contributed by atoms with E-state index in [0.29, 0.717) is 6.42 Å². The molecule has 0 saturated heterocycles. The summed E-state index contributed by atoms with van der Waals surface area (Å²) in [6.07, 6.45) is 0.389. The number of rotatable bonds is 3. The maximum Gasteiger partial charge on any atom is 0.228 e. The van der Waals surface area contributed by atoms with Gasteiger partial charge in [0.2, 0.25) is 5.91 Å². The lowest BCUT2D eigenvalue weighted by Gasteiger charge is -2.10. The largest absolute Gasteiger partial charge is 0.348 e. The third-order valence-corrected chi connectivity index (χ3v) is 4.75. The van der Waals surface area contributed by atoms with Gasteiger partial charge in [-0.2, -0.15) is 0 Å². The topological polar surface area (TPSA) is 34.0 Å². The Balaban J connectivity index is 1.89. The zero-order valence-corrected chi connectivity index (χ0v) is 14.1. The van der Waals surface area contributed by atoms with E-state index in [-0.39, 0.29) is 5.91 Å². The average Bonchev–Trinajstić information content (AvgIpc) is 2.77. The van der Waals surface area contributed by atoms with Crippen LogP contribution in [0.2, 0.25) is 0 Å². The van der Waals surface area contributed by atoms with E-state index in [1.165, 1.54) is 11.1 Å². The van der Waals surface area contributed by atoms with Gasteiger partial charge in [-0.1, -0.05) is 30.3 Å². The summed E-state index contributed by atoms with van der Waals surface area (Å²) >= 11 is 0. The molecule has 2 aromatic carbocycles. The maximum absolute atomic E-state index is 12.5. The summed E-state index contributed by atoms with van der Waals surface area (Å²) in [6, 6.07) is 14.2. The molecule has 0 aliphatic rings. The predicted octanol–water partition coefficient (Wildman–Crippen LogP) is 4.28. The Labute approximate surface area is 136 Å². The third-order valence-electron chi connectivity index (χ3n) is 4.75. The van der Waals surface area contributed by atoms with Crippen LogP contribution in [0.15, 0.2) is 42.5 Å². The van der Waals surface area contributed by atoms with Crippen molar-refractivity contribution in [3.63, 3.8) is 0 Å². The second-order valence-electron chi connectivity index (χ2n) is 6.11. The van der Waals surface area contributed by atoms with E-state index in [4.69, 9.17) is 0 Å². The highest BCUT2D eigenvalue weighted by molar-refractivity contribution is 5.97. The molecule has 118 valence electrons. The summed E-state index contributed by atoms with van der Waals surface area (Å²) in [4.78, 5) is 12.5. The number of amides is 1. The van der Waals surface area contributed by atoms with Crippen LogP contribution in [0.4, 0.5) is 5.69 Å². The molecule has 3 rings (SSSR count). The summed E-state index contributed by atoms with van der Waals surface area (Å²) in [7, 11) is 2.05. The van der Waals surface area contributed by atoms with E-state index in [1.807, 2.05) is 38.2 Å². The zero-order valence-electron chi connectivity index (χ0n) is 14.1. The van der Waals surface area contributed by atoms with E-state index in [0.717, 1.165) is 27.9 Å². The van der Waals surface area contributed by atoms with Crippen LogP contribution in [0.1, 0.15) is 22.4 Å². The van der Waals surface area contributed by atoms with Gasteiger partial charge in [-0.05, 0) is 49.6 Å². The van der Waals surface area contributed by atoms with Gasteiger partial charge in [0.05, 0.1) is 6.42 Å². The molecule has 0 bridgehead atoms. The normalized spacial score (nSPS) is 11.0. The van der Waals surface area contributed by atoms with Crippen LogP contribution in [0.25, 0.3) is 10.9 Å². The molecule has 0 fully saturated rings. The quantitative estimate of drug-likeness (QED) is 0.769. The van der Waals surface area contributed by atoms with E-state index in [2.05, 4.69) is 41.9 Å². The second-order valence-corrected chi connectivity index (χ2v) is 6.11. The molecule has 0 unspecified atom stereocenters. The Hall–Kier alpha value is -2.55. The van der Waals surface area contributed by atoms with Gasteiger partial charge in [-0.15, -0.1) is 0 Å². The van der Waals surface area contributed by atoms with Gasteiger partial charge in [0, 0.05) is 29.3 Å². The molecule has 1 heterocycles. The van der Waals surface area contributed by atoms with Crippen LogP contribution in [-0.4, -0.2) is 10.5 Å². The van der Waals surface area contributed by atoms with Crippen LogP contribution >= 0.6 is 0 Å². The molecule has 1 amide bonds. The Morgan fingerprint density at radius 2 is 1.78 bits per heavy atom. The molecule has 0 atom stereocenters. The van der Waals surface area contributed by atoms with Gasteiger partial charge in [0.15, 0.2) is 0 Å². The SMILES string of the molecule is Cc1cccc(NC(=O)Cc2c(C)n(C)c3ccccc23)c1C. The van der Waals surface area contributed by atoms with Crippen molar-refractivity contribution >= 4 is 22.5 Å². The number of carbonyl (C=O) groups is 1. The minimum absolute atomic E-state index is 0.0261. The highest BCUT2D eigenvalue weighted by Crippen LogP contribution is 2.26. The van der Waals surface area contributed by atoms with Gasteiger partial charge >= 0.3 is 0 Å². The third kappa shape index (κ3) is 2.74. The number of hydrogen-bond donors (Lipinski definition) is 1. The van der Waals surface area contributed by atoms with Gasteiger partial charge in [-0.3, -0.25) is 4.79 Å². The molecule has 0 saturated carbocycles. The fraction of sp³-hybridized carbons (Fsp3) is 0.250. The van der Waals surface area contributed by atoms with Crippen molar-refractivity contribution in [2.24, 2.45) is 7.05 Å². The van der Waals surface area contributed by atoms with E-state index >= 15 is 0 Å². The Bertz CT molecular complexity index is 890. The molecule has 0 radical (unpaired) electrons. The van der Waals surface area contributed by atoms with Crippen LogP contribution in [0.3, 0.4) is 0 Å². The smallest absolute Gasteiger partial charge is 0.228 e. The van der Waals surface area contributed by atoms with Gasteiger partial charge in [-0.25, -0.2) is 0 Å². The number of para-hydroxylation sites is 1. The number of hydrogen-bond acceptors (Lipinski definition) is 1. The Morgan fingerprint density at radius 1 is 1.04 bits per heavy atom. The van der Waals surface area contributed by atoms with Crippen LogP contribution in [0.5, 0.6) is 0 Å². The monoisotopic (exact) mass is 306 g/mol. The molecule has 3 aromatic rings. The van der Waals surface area contributed by atoms with E-state index in [1.54, 1.807) is 0 Å². The average molecular weight is 306 g/mol. The first-order valence-corrected chi connectivity index (χ1v) is 7.88. The lowest BCUT2D eigenvalue weighted by Crippen LogP contribution is -2.16. The molecule has 3 heteroatoms. The summed E-state index contributed by atoms with van der Waals surface area (Å²) < 4.78 is 2.15. The highest BCUT2D eigenvalue weighted by atomic mass is 16.1. The van der Waals surface area contributed by atoms with Crippen molar-refractivity contribution in [2.45, 2.75) is 27.2 Å². The van der Waals surface area contributed by atoms with Crippen molar-refractivity contribution in [1.29, 1.82) is 0 Å². The molecule has 0 aliphatic carbocycles. The number of aryl methyl sites for hydroxylation is 2. The van der Waals surface area contributed by atoms with E-state index < -0.39 is 0 Å². The number of nitrogens with one attached hydrogen (secondary N) is 1. The fourth-order valence-corrected chi connectivity index (χ4v) is 3.06. The minimum atomic E-state index is 0.0261. The van der Waals surface area contributed by atoms with Crippen LogP contribution in [-0.2, 0) is 18.3 Å². The van der Waals surface area contributed by atoms with Crippen molar-refractivity contribution in [1.82, 2.24) is 4.57 Å². The molecule has 3 nitrogen and oxygen atoms in total. The lowest BCUT2D eigenvalue weighted by molar-refractivity contribution is -0.115. The number of benzene rings is 2. The summed E-state index contributed by atoms with van der Waals surface area (Å²) in [5.74, 6) is 0.0261. The standard InChI is InChI=1S/C20H22N2O/c1-13-8-7-10-18(14(13)2)21-20(23)12-17-15(3)22(4)19-11-6-5-9-16(17)19/h5-11H,12H2,1-4H3,(H,21,23). The molecule has 23 heavy (non-hydrogen) atoms. The van der Waals surface area contributed by atoms with Gasteiger partial charge in [0.1, 0.15) is 0 Å². The highest BCUT2D eigenvalue weighted by Gasteiger charge is 2.15. The molecular formula is C20H22N2O. The minimum Gasteiger partial charge on any atom is -0.348 e. The molecule has 1 N–H and O–H groups in total. The molecular weight excluding hydrogens is 284 g/mol.